The van der Waals surface area contributed by atoms with Gasteiger partial charge in [0, 0.05) is 24.0 Å². The van der Waals surface area contributed by atoms with Crippen LogP contribution in [0, 0.1) is 0 Å². The molecular formula is C16H11NO4. The molecule has 3 rings (SSSR count). The summed E-state index contributed by atoms with van der Waals surface area (Å²) in [7, 11) is 1.29. The predicted molar refractivity (Wildman–Crippen MR) is 77.1 cm³/mol. The molecule has 2 heterocycles. The minimum atomic E-state index is -0.493. The van der Waals surface area contributed by atoms with E-state index in [2.05, 4.69) is 9.72 Å². The zero-order valence-electron chi connectivity index (χ0n) is 11.2. The Morgan fingerprint density at radius 2 is 2.10 bits per heavy atom. The van der Waals surface area contributed by atoms with Crippen LogP contribution in [-0.2, 0) is 4.74 Å². The summed E-state index contributed by atoms with van der Waals surface area (Å²) in [5.74, 6) is -0.0564. The summed E-state index contributed by atoms with van der Waals surface area (Å²) in [6, 6.07) is 9.58. The minimum Gasteiger partial charge on any atom is -0.465 e. The molecule has 0 bridgehead atoms. The lowest BCUT2D eigenvalue weighted by Gasteiger charge is -2.04. The molecule has 0 radical (unpaired) electrons. The van der Waals surface area contributed by atoms with Crippen LogP contribution in [-0.4, -0.2) is 18.1 Å². The van der Waals surface area contributed by atoms with E-state index in [1.807, 2.05) is 0 Å². The standard InChI is InChI=1S/C16H11NO4/c1-20-16(19)10-4-5-14-12(7-10)13(18)8-15(21-14)11-3-2-6-17-9-11/h2-9H,1H3. The van der Waals surface area contributed by atoms with E-state index in [1.165, 1.54) is 19.2 Å². The molecule has 5 nitrogen and oxygen atoms in total. The van der Waals surface area contributed by atoms with Crippen LogP contribution in [0.5, 0.6) is 0 Å². The van der Waals surface area contributed by atoms with Gasteiger partial charge in [0.15, 0.2) is 5.43 Å². The van der Waals surface area contributed by atoms with Crippen molar-refractivity contribution >= 4 is 16.9 Å². The third-order valence-corrected chi connectivity index (χ3v) is 3.09. The third-order valence-electron chi connectivity index (χ3n) is 3.09. The predicted octanol–water partition coefficient (Wildman–Crippen LogP) is 2.64. The number of carbonyl (C=O) groups is 1. The normalized spacial score (nSPS) is 10.5. The summed E-state index contributed by atoms with van der Waals surface area (Å²) in [6.45, 7) is 0. The van der Waals surface area contributed by atoms with Crippen LogP contribution in [0.3, 0.4) is 0 Å². The Hall–Kier alpha value is -2.95. The number of esters is 1. The number of rotatable bonds is 2. The van der Waals surface area contributed by atoms with E-state index < -0.39 is 5.97 Å². The smallest absolute Gasteiger partial charge is 0.337 e. The summed E-state index contributed by atoms with van der Waals surface area (Å²) in [5, 5.41) is 0.338. The maximum atomic E-state index is 12.2. The molecule has 0 aliphatic rings. The maximum absolute atomic E-state index is 12.2. The number of pyridine rings is 1. The van der Waals surface area contributed by atoms with Crippen molar-refractivity contribution in [3.05, 3.63) is 64.6 Å². The fourth-order valence-electron chi connectivity index (χ4n) is 2.05. The summed E-state index contributed by atoms with van der Waals surface area (Å²) >= 11 is 0. The number of hydrogen-bond donors (Lipinski definition) is 0. The van der Waals surface area contributed by atoms with Gasteiger partial charge in [-0.2, -0.15) is 0 Å². The molecule has 0 spiro atoms. The molecular weight excluding hydrogens is 270 g/mol. The molecule has 1 aromatic carbocycles. The SMILES string of the molecule is COC(=O)c1ccc2oc(-c3cccnc3)cc(=O)c2c1. The molecule has 0 aliphatic carbocycles. The van der Waals surface area contributed by atoms with E-state index in [9.17, 15) is 9.59 Å². The van der Waals surface area contributed by atoms with E-state index in [0.29, 0.717) is 27.9 Å². The zero-order chi connectivity index (χ0) is 14.8. The van der Waals surface area contributed by atoms with Gasteiger partial charge in [-0.05, 0) is 30.3 Å². The lowest BCUT2D eigenvalue weighted by Crippen LogP contribution is -2.05. The fraction of sp³-hybridized carbons (Fsp3) is 0.0625. The molecule has 3 aromatic rings. The fourth-order valence-corrected chi connectivity index (χ4v) is 2.05. The van der Waals surface area contributed by atoms with Crippen LogP contribution in [0.2, 0.25) is 0 Å². The molecule has 104 valence electrons. The van der Waals surface area contributed by atoms with Gasteiger partial charge in [-0.25, -0.2) is 4.79 Å². The van der Waals surface area contributed by atoms with Crippen molar-refractivity contribution in [1.29, 1.82) is 0 Å². The number of ether oxygens (including phenoxy) is 1. The van der Waals surface area contributed by atoms with Crippen LogP contribution in [0.1, 0.15) is 10.4 Å². The van der Waals surface area contributed by atoms with E-state index >= 15 is 0 Å². The Bertz CT molecular complexity index is 868. The molecule has 0 N–H and O–H groups in total. The molecule has 21 heavy (non-hydrogen) atoms. The second-order valence-corrected chi connectivity index (χ2v) is 4.42. The Morgan fingerprint density at radius 3 is 2.81 bits per heavy atom. The van der Waals surface area contributed by atoms with Crippen LogP contribution in [0.4, 0.5) is 0 Å². The van der Waals surface area contributed by atoms with Crippen molar-refractivity contribution in [1.82, 2.24) is 4.98 Å². The van der Waals surface area contributed by atoms with Crippen LogP contribution >= 0.6 is 0 Å². The monoisotopic (exact) mass is 281 g/mol. The number of hydrogen-bond acceptors (Lipinski definition) is 5. The average Bonchev–Trinajstić information content (AvgIpc) is 2.54. The average molecular weight is 281 g/mol. The number of benzene rings is 1. The molecule has 0 saturated carbocycles. The van der Waals surface area contributed by atoms with Gasteiger partial charge >= 0.3 is 5.97 Å². The van der Waals surface area contributed by atoms with Gasteiger partial charge in [-0.3, -0.25) is 9.78 Å². The molecule has 0 saturated heterocycles. The van der Waals surface area contributed by atoms with Gasteiger partial charge in [0.05, 0.1) is 18.1 Å². The highest BCUT2D eigenvalue weighted by atomic mass is 16.5. The van der Waals surface area contributed by atoms with Crippen LogP contribution in [0.25, 0.3) is 22.3 Å². The van der Waals surface area contributed by atoms with E-state index in [4.69, 9.17) is 4.42 Å². The van der Waals surface area contributed by atoms with Crippen molar-refractivity contribution in [3.8, 4) is 11.3 Å². The third kappa shape index (κ3) is 2.41. The first-order valence-corrected chi connectivity index (χ1v) is 6.25. The number of nitrogens with zero attached hydrogens (tertiary/aromatic N) is 1. The van der Waals surface area contributed by atoms with Crippen molar-refractivity contribution in [2.75, 3.05) is 7.11 Å². The Labute approximate surface area is 119 Å². The largest absolute Gasteiger partial charge is 0.465 e. The minimum absolute atomic E-state index is 0.221. The molecule has 0 amide bonds. The Balaban J connectivity index is 2.18. The highest BCUT2D eigenvalue weighted by molar-refractivity contribution is 5.94. The summed E-state index contributed by atoms with van der Waals surface area (Å²) in [6.07, 6.45) is 3.26. The topological polar surface area (TPSA) is 69.4 Å². The number of aromatic nitrogens is 1. The molecule has 0 atom stereocenters. The van der Waals surface area contributed by atoms with Crippen LogP contribution in [0.15, 0.2) is 58.0 Å². The number of fused-ring (bicyclic) bond motifs is 1. The Morgan fingerprint density at radius 1 is 1.24 bits per heavy atom. The second kappa shape index (κ2) is 5.20. The summed E-state index contributed by atoms with van der Waals surface area (Å²) in [4.78, 5) is 27.7. The molecule has 2 aromatic heterocycles. The lowest BCUT2D eigenvalue weighted by atomic mass is 10.1. The van der Waals surface area contributed by atoms with Gasteiger partial charge in [0.2, 0.25) is 0 Å². The molecule has 0 fully saturated rings. The summed E-state index contributed by atoms with van der Waals surface area (Å²) < 4.78 is 10.3. The van der Waals surface area contributed by atoms with Crippen molar-refractivity contribution in [3.63, 3.8) is 0 Å². The van der Waals surface area contributed by atoms with E-state index in [-0.39, 0.29) is 5.43 Å². The number of methoxy groups -OCH3 is 1. The van der Waals surface area contributed by atoms with Gasteiger partial charge in [0.25, 0.3) is 0 Å². The lowest BCUT2D eigenvalue weighted by molar-refractivity contribution is 0.0601. The van der Waals surface area contributed by atoms with Crippen molar-refractivity contribution < 1.29 is 13.9 Å². The first kappa shape index (κ1) is 13.1. The molecule has 0 aliphatic heterocycles. The Kier molecular flexibility index (Phi) is 3.23. The molecule has 0 unspecified atom stereocenters. The van der Waals surface area contributed by atoms with Gasteiger partial charge in [-0.15, -0.1) is 0 Å². The van der Waals surface area contributed by atoms with Crippen molar-refractivity contribution in [2.24, 2.45) is 0 Å². The first-order chi connectivity index (χ1) is 10.2. The van der Waals surface area contributed by atoms with Crippen molar-refractivity contribution in [2.45, 2.75) is 0 Å². The van der Waals surface area contributed by atoms with Gasteiger partial charge in [-0.1, -0.05) is 0 Å². The maximum Gasteiger partial charge on any atom is 0.337 e. The quantitative estimate of drug-likeness (QED) is 0.675. The van der Waals surface area contributed by atoms with Crippen LogP contribution < -0.4 is 5.43 Å². The summed E-state index contributed by atoms with van der Waals surface area (Å²) in [5.41, 5.74) is 1.22. The highest BCUT2D eigenvalue weighted by Gasteiger charge is 2.11. The van der Waals surface area contributed by atoms with E-state index in [0.717, 1.165) is 0 Å². The zero-order valence-corrected chi connectivity index (χ0v) is 11.2. The van der Waals surface area contributed by atoms with Gasteiger partial charge in [0.1, 0.15) is 11.3 Å². The first-order valence-electron chi connectivity index (χ1n) is 6.25. The van der Waals surface area contributed by atoms with Gasteiger partial charge < -0.3 is 9.15 Å². The molecule has 5 heteroatoms. The number of carbonyl (C=O) groups excluding carboxylic acids is 1. The highest BCUT2D eigenvalue weighted by Crippen LogP contribution is 2.22. The van der Waals surface area contributed by atoms with E-state index in [1.54, 1.807) is 36.7 Å². The second-order valence-electron chi connectivity index (χ2n) is 4.42.